The molecule has 2 N–H and O–H groups in total. The molecule has 3 amide bonds. The number of hydrogen-bond donors (Lipinski definition) is 2. The number of alkyl carbamates (subject to hydrolysis) is 1. The molecular weight excluding hydrogens is 463 g/mol. The molecule has 1 fully saturated rings. The monoisotopic (exact) mass is 483 g/mol. The number of hydrogen-bond acceptors (Lipinski definition) is 4. The number of halogens is 4. The Kier molecular flexibility index (Phi) is 7.47. The Morgan fingerprint density at radius 3 is 2.48 bits per heavy atom. The molecule has 11 heteroatoms. The number of benzene rings is 2. The normalized spacial score (nSPS) is 15.7. The van der Waals surface area contributed by atoms with E-state index in [9.17, 15) is 27.6 Å². The fourth-order valence-corrected chi connectivity index (χ4v) is 3.75. The zero-order valence-electron chi connectivity index (χ0n) is 17.5. The summed E-state index contributed by atoms with van der Waals surface area (Å²) in [5.74, 6) is -5.12. The first-order chi connectivity index (χ1) is 15.6. The fourth-order valence-electron chi connectivity index (χ4n) is 3.51. The van der Waals surface area contributed by atoms with E-state index in [2.05, 4.69) is 15.4 Å². The highest BCUT2D eigenvalue weighted by Crippen LogP contribution is 2.38. The molecule has 3 rings (SSSR count). The first-order valence-electron chi connectivity index (χ1n) is 9.93. The highest BCUT2D eigenvalue weighted by atomic mass is 35.5. The van der Waals surface area contributed by atoms with Gasteiger partial charge in [0.05, 0.1) is 7.11 Å². The van der Waals surface area contributed by atoms with Gasteiger partial charge < -0.3 is 15.4 Å². The minimum Gasteiger partial charge on any atom is -0.453 e. The lowest BCUT2D eigenvalue weighted by Crippen LogP contribution is -2.54. The van der Waals surface area contributed by atoms with Gasteiger partial charge >= 0.3 is 6.09 Å². The average molecular weight is 484 g/mol. The molecule has 176 valence electrons. The maximum atomic E-state index is 14.0. The van der Waals surface area contributed by atoms with Crippen LogP contribution >= 0.6 is 11.6 Å². The predicted molar refractivity (Wildman–Crippen MR) is 115 cm³/mol. The number of methoxy groups -OCH3 is 1. The van der Waals surface area contributed by atoms with Gasteiger partial charge in [0.1, 0.15) is 18.4 Å². The summed E-state index contributed by atoms with van der Waals surface area (Å²) in [7, 11) is 1.11. The van der Waals surface area contributed by atoms with Crippen molar-refractivity contribution in [1.29, 1.82) is 0 Å². The van der Waals surface area contributed by atoms with Crippen molar-refractivity contribution in [3.63, 3.8) is 0 Å². The Balaban J connectivity index is 2.02. The number of amides is 3. The quantitative estimate of drug-likeness (QED) is 0.626. The molecular formula is C22H21ClF3N3O4. The summed E-state index contributed by atoms with van der Waals surface area (Å²) < 4.78 is 45.1. The summed E-state index contributed by atoms with van der Waals surface area (Å²) in [6.45, 7) is -0.584. The summed E-state index contributed by atoms with van der Waals surface area (Å²) in [6, 6.07) is 8.88. The van der Waals surface area contributed by atoms with Crippen LogP contribution in [0.2, 0.25) is 5.02 Å². The predicted octanol–water partition coefficient (Wildman–Crippen LogP) is 3.82. The Bertz CT molecular complexity index is 1050. The molecule has 2 aromatic rings. The maximum Gasteiger partial charge on any atom is 0.407 e. The van der Waals surface area contributed by atoms with Gasteiger partial charge in [0.25, 0.3) is 5.92 Å². The molecule has 1 unspecified atom stereocenters. The molecule has 1 aliphatic rings. The number of alkyl halides is 2. The summed E-state index contributed by atoms with van der Waals surface area (Å²) in [6.07, 6.45) is -1.96. The van der Waals surface area contributed by atoms with Gasteiger partial charge in [0.2, 0.25) is 11.8 Å². The van der Waals surface area contributed by atoms with Crippen LogP contribution in [0.1, 0.15) is 24.4 Å². The standard InChI is InChI=1S/C22H21ClF3N3O4/c1-33-21(32)27-12-18(30)29(15-6-4-5-13(24)9-15)19(16-7-2-3-8-17(16)23)20(31)28-14-10-22(25,26)11-14/h2-9,14,19H,10-12H2,1H3,(H,27,32)(H,28,31). The van der Waals surface area contributed by atoms with Crippen LogP contribution in [0.5, 0.6) is 0 Å². The second kappa shape index (κ2) is 10.1. The summed E-state index contributed by atoms with van der Waals surface area (Å²) in [4.78, 5) is 38.9. The molecule has 0 aromatic heterocycles. The third-order valence-corrected chi connectivity index (χ3v) is 5.41. The van der Waals surface area contributed by atoms with Gasteiger partial charge in [-0.25, -0.2) is 18.0 Å². The number of nitrogens with one attached hydrogen (secondary N) is 2. The molecule has 0 bridgehead atoms. The average Bonchev–Trinajstić information content (AvgIpc) is 2.74. The first kappa shape index (κ1) is 24.4. The van der Waals surface area contributed by atoms with Gasteiger partial charge in [-0.3, -0.25) is 14.5 Å². The van der Waals surface area contributed by atoms with Crippen LogP contribution in [-0.2, 0) is 14.3 Å². The highest BCUT2D eigenvalue weighted by Gasteiger charge is 2.47. The second-order valence-electron chi connectivity index (χ2n) is 7.48. The SMILES string of the molecule is COC(=O)NCC(=O)N(c1cccc(F)c1)C(C(=O)NC1CC(F)(F)C1)c1ccccc1Cl. The highest BCUT2D eigenvalue weighted by molar-refractivity contribution is 6.31. The fraction of sp³-hybridized carbons (Fsp3) is 0.318. The van der Waals surface area contributed by atoms with E-state index in [1.165, 1.54) is 24.3 Å². The largest absolute Gasteiger partial charge is 0.453 e. The molecule has 0 spiro atoms. The van der Waals surface area contributed by atoms with E-state index < -0.39 is 61.1 Å². The lowest BCUT2D eigenvalue weighted by molar-refractivity contribution is -0.132. The van der Waals surface area contributed by atoms with E-state index >= 15 is 0 Å². The maximum absolute atomic E-state index is 14.0. The second-order valence-corrected chi connectivity index (χ2v) is 7.89. The summed E-state index contributed by atoms with van der Waals surface area (Å²) in [5, 5.41) is 4.87. The molecule has 0 aliphatic heterocycles. The van der Waals surface area contributed by atoms with E-state index in [1.807, 2.05) is 0 Å². The van der Waals surface area contributed by atoms with Crippen molar-refractivity contribution in [2.24, 2.45) is 0 Å². The van der Waals surface area contributed by atoms with E-state index in [-0.39, 0.29) is 16.3 Å². The number of nitrogens with zero attached hydrogens (tertiary/aromatic N) is 1. The van der Waals surface area contributed by atoms with Crippen molar-refractivity contribution in [3.8, 4) is 0 Å². The Morgan fingerprint density at radius 1 is 1.18 bits per heavy atom. The smallest absolute Gasteiger partial charge is 0.407 e. The number of rotatable bonds is 7. The molecule has 0 heterocycles. The molecule has 0 radical (unpaired) electrons. The number of carbonyl (C=O) groups is 3. The lowest BCUT2D eigenvalue weighted by Gasteiger charge is -2.38. The van der Waals surface area contributed by atoms with Crippen molar-refractivity contribution >= 4 is 35.2 Å². The van der Waals surface area contributed by atoms with Crippen molar-refractivity contribution in [1.82, 2.24) is 10.6 Å². The van der Waals surface area contributed by atoms with E-state index in [4.69, 9.17) is 11.6 Å². The molecule has 1 atom stereocenters. The molecule has 0 saturated heterocycles. The number of ether oxygens (including phenoxy) is 1. The molecule has 33 heavy (non-hydrogen) atoms. The lowest BCUT2D eigenvalue weighted by atomic mass is 9.87. The summed E-state index contributed by atoms with van der Waals surface area (Å²) in [5.41, 5.74) is 0.198. The van der Waals surface area contributed by atoms with Gasteiger partial charge in [0, 0.05) is 35.2 Å². The Labute approximate surface area is 192 Å². The Morgan fingerprint density at radius 2 is 1.88 bits per heavy atom. The van der Waals surface area contributed by atoms with Gasteiger partial charge in [-0.2, -0.15) is 0 Å². The first-order valence-corrected chi connectivity index (χ1v) is 10.3. The van der Waals surface area contributed by atoms with Crippen molar-refractivity contribution < 1.29 is 32.3 Å². The molecule has 7 nitrogen and oxygen atoms in total. The summed E-state index contributed by atoms with van der Waals surface area (Å²) >= 11 is 6.31. The number of carbonyl (C=O) groups excluding carboxylic acids is 3. The number of anilines is 1. The zero-order valence-corrected chi connectivity index (χ0v) is 18.2. The van der Waals surface area contributed by atoms with Crippen LogP contribution in [0.25, 0.3) is 0 Å². The van der Waals surface area contributed by atoms with Gasteiger partial charge in [-0.15, -0.1) is 0 Å². The molecule has 1 saturated carbocycles. The zero-order chi connectivity index (χ0) is 24.2. The van der Waals surface area contributed by atoms with Crippen LogP contribution < -0.4 is 15.5 Å². The van der Waals surface area contributed by atoms with Crippen LogP contribution in [0.3, 0.4) is 0 Å². The van der Waals surface area contributed by atoms with Crippen molar-refractivity contribution in [2.45, 2.75) is 30.8 Å². The van der Waals surface area contributed by atoms with E-state index in [0.29, 0.717) is 0 Å². The molecule has 2 aromatic carbocycles. The van der Waals surface area contributed by atoms with Crippen LogP contribution in [0, 0.1) is 5.82 Å². The van der Waals surface area contributed by atoms with Crippen molar-refractivity contribution in [3.05, 3.63) is 64.9 Å². The van der Waals surface area contributed by atoms with Gasteiger partial charge in [0.15, 0.2) is 0 Å². The minimum absolute atomic E-state index is 0.00525. The van der Waals surface area contributed by atoms with Gasteiger partial charge in [-0.1, -0.05) is 35.9 Å². The van der Waals surface area contributed by atoms with Crippen LogP contribution in [-0.4, -0.2) is 43.5 Å². The van der Waals surface area contributed by atoms with Crippen LogP contribution in [0.15, 0.2) is 48.5 Å². The van der Waals surface area contributed by atoms with Crippen molar-refractivity contribution in [2.75, 3.05) is 18.6 Å². The van der Waals surface area contributed by atoms with E-state index in [0.717, 1.165) is 24.1 Å². The van der Waals surface area contributed by atoms with Gasteiger partial charge in [-0.05, 0) is 24.3 Å². The van der Waals surface area contributed by atoms with E-state index in [1.54, 1.807) is 12.1 Å². The third kappa shape index (κ3) is 5.95. The topological polar surface area (TPSA) is 87.7 Å². The molecule has 1 aliphatic carbocycles. The third-order valence-electron chi connectivity index (χ3n) is 5.07. The minimum atomic E-state index is -2.87. The van der Waals surface area contributed by atoms with Crippen LogP contribution in [0.4, 0.5) is 23.7 Å². The Hall–Kier alpha value is -3.27.